The topological polar surface area (TPSA) is 57.7 Å². The molecule has 1 aliphatic rings. The number of carbonyl (C=O) groups excluding carboxylic acids is 3. The average molecular weight is 463 g/mol. The van der Waals surface area contributed by atoms with Gasteiger partial charge in [0.2, 0.25) is 0 Å². The van der Waals surface area contributed by atoms with E-state index in [9.17, 15) is 14.4 Å². The van der Waals surface area contributed by atoms with Gasteiger partial charge in [0.25, 0.3) is 17.7 Å². The zero-order chi connectivity index (χ0) is 24.5. The highest BCUT2D eigenvalue weighted by Gasteiger charge is 2.32. The lowest BCUT2D eigenvalue weighted by Crippen LogP contribution is -2.42. The number of carbonyl (C=O) groups is 3. The van der Waals surface area contributed by atoms with Crippen molar-refractivity contribution in [3.8, 4) is 0 Å². The first-order valence-electron chi connectivity index (χ1n) is 11.8. The summed E-state index contributed by atoms with van der Waals surface area (Å²) >= 11 is 0. The van der Waals surface area contributed by atoms with Crippen LogP contribution in [0.2, 0.25) is 0 Å². The molecule has 0 bridgehead atoms. The molecular weight excluding hydrogens is 436 g/mol. The fraction of sp³-hybridized carbons (Fsp3) is 0.167. The Morgan fingerprint density at radius 2 is 1.46 bits per heavy atom. The highest BCUT2D eigenvalue weighted by atomic mass is 16.2. The molecule has 0 radical (unpaired) electrons. The molecule has 4 aromatic rings. The average Bonchev–Trinajstić information content (AvgIpc) is 2.87. The van der Waals surface area contributed by atoms with E-state index >= 15 is 0 Å². The van der Waals surface area contributed by atoms with Gasteiger partial charge in [-0.1, -0.05) is 60.2 Å². The van der Waals surface area contributed by atoms with Crippen molar-refractivity contribution < 1.29 is 14.4 Å². The van der Waals surface area contributed by atoms with Crippen LogP contribution in [0.5, 0.6) is 0 Å². The lowest BCUT2D eigenvalue weighted by atomic mass is 9.94. The van der Waals surface area contributed by atoms with Crippen LogP contribution in [0.25, 0.3) is 10.8 Å². The second-order valence-electron chi connectivity index (χ2n) is 8.94. The molecule has 0 N–H and O–H groups in total. The molecule has 5 heteroatoms. The van der Waals surface area contributed by atoms with Gasteiger partial charge in [0, 0.05) is 40.9 Å². The van der Waals surface area contributed by atoms with Crippen molar-refractivity contribution in [3.05, 3.63) is 113 Å². The third kappa shape index (κ3) is 4.10. The minimum atomic E-state index is -0.285. The van der Waals surface area contributed by atoms with E-state index in [-0.39, 0.29) is 24.3 Å². The SMILES string of the molecule is Cc1ccc(N(CCCN2C(=O)c3cccc4cccc(c34)C2=O)C(=O)c2ccccc2)c(C)c1. The van der Waals surface area contributed by atoms with E-state index in [1.54, 1.807) is 29.2 Å². The Bertz CT molecular complexity index is 1410. The Morgan fingerprint density at radius 3 is 2.09 bits per heavy atom. The molecule has 3 amide bonds. The highest BCUT2D eigenvalue weighted by Crippen LogP contribution is 2.30. The van der Waals surface area contributed by atoms with Crippen LogP contribution < -0.4 is 4.90 Å². The van der Waals surface area contributed by atoms with Crippen LogP contribution in [0.3, 0.4) is 0 Å². The molecule has 0 fully saturated rings. The quantitative estimate of drug-likeness (QED) is 0.341. The van der Waals surface area contributed by atoms with Gasteiger partial charge in [-0.15, -0.1) is 0 Å². The van der Waals surface area contributed by atoms with Crippen LogP contribution in [-0.2, 0) is 0 Å². The molecule has 35 heavy (non-hydrogen) atoms. The third-order valence-corrected chi connectivity index (χ3v) is 6.53. The number of rotatable bonds is 6. The predicted octanol–water partition coefficient (Wildman–Crippen LogP) is 5.79. The molecule has 0 spiro atoms. The van der Waals surface area contributed by atoms with Gasteiger partial charge in [0.15, 0.2) is 0 Å². The number of amides is 3. The van der Waals surface area contributed by atoms with Crippen LogP contribution in [0.4, 0.5) is 5.69 Å². The van der Waals surface area contributed by atoms with E-state index in [1.165, 1.54) is 4.90 Å². The van der Waals surface area contributed by atoms with E-state index in [1.807, 2.05) is 68.4 Å². The smallest absolute Gasteiger partial charge is 0.261 e. The Balaban J connectivity index is 1.40. The fourth-order valence-corrected chi connectivity index (χ4v) is 4.85. The van der Waals surface area contributed by atoms with Gasteiger partial charge in [-0.05, 0) is 61.5 Å². The second-order valence-corrected chi connectivity index (χ2v) is 8.94. The molecule has 4 aromatic carbocycles. The van der Waals surface area contributed by atoms with E-state index in [4.69, 9.17) is 0 Å². The molecule has 0 aromatic heterocycles. The van der Waals surface area contributed by atoms with Crippen LogP contribution in [0.1, 0.15) is 48.6 Å². The van der Waals surface area contributed by atoms with E-state index in [0.717, 1.165) is 27.6 Å². The van der Waals surface area contributed by atoms with Crippen molar-refractivity contribution in [2.75, 3.05) is 18.0 Å². The minimum Gasteiger partial charge on any atom is -0.308 e. The summed E-state index contributed by atoms with van der Waals surface area (Å²) < 4.78 is 0. The summed E-state index contributed by atoms with van der Waals surface area (Å²) in [6.07, 6.45) is 0.460. The van der Waals surface area contributed by atoms with Crippen LogP contribution in [-0.4, -0.2) is 35.7 Å². The standard InChI is InChI=1S/C30H26N2O3/c1-20-15-16-26(21(2)19-20)31(28(33)23-9-4-3-5-10-23)17-8-18-32-29(34)24-13-6-11-22-12-7-14-25(27(22)24)30(32)35/h3-7,9-16,19H,8,17-18H2,1-2H3. The van der Waals surface area contributed by atoms with Crippen molar-refractivity contribution in [1.29, 1.82) is 0 Å². The summed E-state index contributed by atoms with van der Waals surface area (Å²) in [5, 5.41) is 1.60. The summed E-state index contributed by atoms with van der Waals surface area (Å²) in [4.78, 5) is 43.0. The molecule has 0 aliphatic carbocycles. The number of anilines is 1. The number of benzene rings is 4. The summed E-state index contributed by atoms with van der Waals surface area (Å²) in [6, 6.07) is 26.2. The number of hydrogen-bond acceptors (Lipinski definition) is 3. The van der Waals surface area contributed by atoms with Gasteiger partial charge in [-0.2, -0.15) is 0 Å². The van der Waals surface area contributed by atoms with Crippen LogP contribution >= 0.6 is 0 Å². The molecule has 5 nitrogen and oxygen atoms in total. The first-order chi connectivity index (χ1) is 17.0. The van der Waals surface area contributed by atoms with Crippen molar-refractivity contribution in [3.63, 3.8) is 0 Å². The highest BCUT2D eigenvalue weighted by molar-refractivity contribution is 6.25. The van der Waals surface area contributed by atoms with E-state index < -0.39 is 0 Å². The summed E-state index contributed by atoms with van der Waals surface area (Å²) in [6.45, 7) is 4.61. The lowest BCUT2D eigenvalue weighted by Gasteiger charge is -2.29. The summed E-state index contributed by atoms with van der Waals surface area (Å²) in [5.74, 6) is -0.678. The Kier molecular flexibility index (Phi) is 5.91. The van der Waals surface area contributed by atoms with Gasteiger partial charge in [0.05, 0.1) is 0 Å². The Labute approximate surface area is 204 Å². The maximum Gasteiger partial charge on any atom is 0.261 e. The van der Waals surface area contributed by atoms with Crippen LogP contribution in [0.15, 0.2) is 84.9 Å². The molecular formula is C30H26N2O3. The number of hydrogen-bond donors (Lipinski definition) is 0. The lowest BCUT2D eigenvalue weighted by molar-refractivity contribution is 0.0610. The van der Waals surface area contributed by atoms with Crippen molar-refractivity contribution >= 4 is 34.2 Å². The van der Waals surface area contributed by atoms with E-state index in [0.29, 0.717) is 29.7 Å². The Hall–Kier alpha value is -4.25. The molecule has 1 aliphatic heterocycles. The normalized spacial score (nSPS) is 12.8. The molecule has 0 atom stereocenters. The number of imide groups is 1. The van der Waals surface area contributed by atoms with Crippen molar-refractivity contribution in [1.82, 2.24) is 4.90 Å². The van der Waals surface area contributed by atoms with Crippen molar-refractivity contribution in [2.45, 2.75) is 20.3 Å². The largest absolute Gasteiger partial charge is 0.308 e. The molecule has 1 heterocycles. The van der Waals surface area contributed by atoms with E-state index in [2.05, 4.69) is 6.07 Å². The minimum absolute atomic E-state index is 0.107. The summed E-state index contributed by atoms with van der Waals surface area (Å²) in [7, 11) is 0. The molecule has 0 saturated carbocycles. The first kappa shape index (κ1) is 22.5. The predicted molar refractivity (Wildman–Crippen MR) is 138 cm³/mol. The monoisotopic (exact) mass is 462 g/mol. The number of nitrogens with zero attached hydrogens (tertiary/aromatic N) is 2. The van der Waals surface area contributed by atoms with Gasteiger partial charge in [-0.25, -0.2) is 0 Å². The van der Waals surface area contributed by atoms with Gasteiger partial charge in [-0.3, -0.25) is 19.3 Å². The molecule has 0 saturated heterocycles. The summed E-state index contributed by atoms with van der Waals surface area (Å²) in [5.41, 5.74) is 4.64. The zero-order valence-electron chi connectivity index (χ0n) is 19.8. The maximum atomic E-state index is 13.5. The van der Waals surface area contributed by atoms with Gasteiger partial charge in [0.1, 0.15) is 0 Å². The van der Waals surface area contributed by atoms with Gasteiger partial charge < -0.3 is 4.90 Å². The molecule has 0 unspecified atom stereocenters. The third-order valence-electron chi connectivity index (χ3n) is 6.53. The molecule has 174 valence electrons. The number of aryl methyl sites for hydroxylation is 2. The van der Waals surface area contributed by atoms with Gasteiger partial charge >= 0.3 is 0 Å². The fourth-order valence-electron chi connectivity index (χ4n) is 4.85. The van der Waals surface area contributed by atoms with Crippen LogP contribution in [0, 0.1) is 13.8 Å². The maximum absolute atomic E-state index is 13.5. The first-order valence-corrected chi connectivity index (χ1v) is 11.8. The molecule has 5 rings (SSSR count). The Morgan fingerprint density at radius 1 is 0.800 bits per heavy atom. The second kappa shape index (κ2) is 9.18. The zero-order valence-corrected chi connectivity index (χ0v) is 19.8. The van der Waals surface area contributed by atoms with Crippen molar-refractivity contribution in [2.24, 2.45) is 0 Å².